The van der Waals surface area contributed by atoms with E-state index in [1.165, 1.54) is 0 Å². The molecule has 4 heteroatoms. The number of carbonyl (C=O) groups excluding carboxylic acids is 1. The molecule has 0 aliphatic carbocycles. The molecule has 1 aromatic carbocycles. The van der Waals surface area contributed by atoms with Crippen LogP contribution < -0.4 is 10.1 Å². The molecule has 1 heterocycles. The van der Waals surface area contributed by atoms with Crippen molar-refractivity contribution < 1.29 is 9.53 Å². The zero-order chi connectivity index (χ0) is 13.7. The van der Waals surface area contributed by atoms with E-state index in [2.05, 4.69) is 19.2 Å². The van der Waals surface area contributed by atoms with Crippen LogP contribution in [-0.4, -0.2) is 42.6 Å². The van der Waals surface area contributed by atoms with Gasteiger partial charge in [0.25, 0.3) is 0 Å². The zero-order valence-corrected chi connectivity index (χ0v) is 11.6. The minimum Gasteiger partial charge on any atom is -0.493 e. The zero-order valence-electron chi connectivity index (χ0n) is 11.6. The molecule has 2 rings (SSSR count). The molecule has 1 fully saturated rings. The number of piperazine rings is 1. The molecule has 2 atom stereocenters. The van der Waals surface area contributed by atoms with E-state index in [1.807, 2.05) is 35.2 Å². The number of rotatable bonds is 4. The third kappa shape index (κ3) is 3.70. The van der Waals surface area contributed by atoms with Crippen molar-refractivity contribution in [3.05, 3.63) is 30.3 Å². The van der Waals surface area contributed by atoms with Crippen molar-refractivity contribution in [2.75, 3.05) is 19.7 Å². The van der Waals surface area contributed by atoms with Crippen molar-refractivity contribution in [1.82, 2.24) is 10.2 Å². The van der Waals surface area contributed by atoms with E-state index < -0.39 is 0 Å². The fourth-order valence-electron chi connectivity index (χ4n) is 2.53. The second-order valence-electron chi connectivity index (χ2n) is 5.07. The molecule has 0 spiro atoms. The Kier molecular flexibility index (Phi) is 4.80. The normalized spacial score (nSPS) is 23.2. The highest BCUT2D eigenvalue weighted by molar-refractivity contribution is 5.77. The summed E-state index contributed by atoms with van der Waals surface area (Å²) in [5.74, 6) is 0.995. The molecule has 1 amide bonds. The first-order chi connectivity index (χ1) is 9.18. The van der Waals surface area contributed by atoms with Gasteiger partial charge < -0.3 is 15.0 Å². The molecule has 1 saturated heterocycles. The van der Waals surface area contributed by atoms with Crippen LogP contribution >= 0.6 is 0 Å². The van der Waals surface area contributed by atoms with Gasteiger partial charge in [-0.3, -0.25) is 4.79 Å². The fourth-order valence-corrected chi connectivity index (χ4v) is 2.53. The number of nitrogens with zero attached hydrogens (tertiary/aromatic N) is 1. The largest absolute Gasteiger partial charge is 0.493 e. The minimum atomic E-state index is 0.178. The van der Waals surface area contributed by atoms with Gasteiger partial charge in [0.1, 0.15) is 5.75 Å². The number of para-hydroxylation sites is 1. The smallest absolute Gasteiger partial charge is 0.226 e. The van der Waals surface area contributed by atoms with Gasteiger partial charge in [0, 0.05) is 25.2 Å². The lowest BCUT2D eigenvalue weighted by Crippen LogP contribution is -2.57. The first-order valence-corrected chi connectivity index (χ1v) is 6.88. The lowest BCUT2D eigenvalue weighted by atomic mass is 10.1. The molecule has 1 N–H and O–H groups in total. The van der Waals surface area contributed by atoms with Gasteiger partial charge in [-0.05, 0) is 26.0 Å². The van der Waals surface area contributed by atoms with Crippen molar-refractivity contribution in [2.24, 2.45) is 0 Å². The predicted octanol–water partition coefficient (Wildman–Crippen LogP) is 1.66. The Bertz CT molecular complexity index is 398. The number of ether oxygens (including phenoxy) is 1. The van der Waals surface area contributed by atoms with Crippen LogP contribution in [0.25, 0.3) is 0 Å². The highest BCUT2D eigenvalue weighted by atomic mass is 16.5. The number of carbonyl (C=O) groups is 1. The summed E-state index contributed by atoms with van der Waals surface area (Å²) in [6.45, 7) is 6.34. The molecule has 1 aliphatic heterocycles. The molecule has 0 saturated carbocycles. The van der Waals surface area contributed by atoms with Gasteiger partial charge in [-0.1, -0.05) is 18.2 Å². The Morgan fingerprint density at radius 1 is 1.26 bits per heavy atom. The Labute approximate surface area is 114 Å². The van der Waals surface area contributed by atoms with Crippen LogP contribution in [0.3, 0.4) is 0 Å². The first kappa shape index (κ1) is 13.9. The molecule has 0 aromatic heterocycles. The molecule has 19 heavy (non-hydrogen) atoms. The summed E-state index contributed by atoms with van der Waals surface area (Å²) in [6, 6.07) is 10.1. The predicted molar refractivity (Wildman–Crippen MR) is 75.2 cm³/mol. The van der Waals surface area contributed by atoms with Gasteiger partial charge in [-0.2, -0.15) is 0 Å². The molecule has 4 nitrogen and oxygen atoms in total. The van der Waals surface area contributed by atoms with Gasteiger partial charge in [0.15, 0.2) is 0 Å². The highest BCUT2D eigenvalue weighted by Gasteiger charge is 2.28. The van der Waals surface area contributed by atoms with Crippen LogP contribution in [0.2, 0.25) is 0 Å². The van der Waals surface area contributed by atoms with Gasteiger partial charge in [-0.15, -0.1) is 0 Å². The fraction of sp³-hybridized carbons (Fsp3) is 0.533. The standard InChI is InChI=1S/C15H22N2O2/c1-12-10-16-11-13(2)17(12)15(18)8-9-19-14-6-4-3-5-7-14/h3-7,12-13,16H,8-11H2,1-2H3. The van der Waals surface area contributed by atoms with Crippen molar-refractivity contribution in [3.8, 4) is 5.75 Å². The van der Waals surface area contributed by atoms with E-state index in [0.717, 1.165) is 18.8 Å². The summed E-state index contributed by atoms with van der Waals surface area (Å²) < 4.78 is 5.57. The molecule has 1 aliphatic rings. The Morgan fingerprint density at radius 2 is 1.89 bits per heavy atom. The molecule has 0 bridgehead atoms. The summed E-state index contributed by atoms with van der Waals surface area (Å²) >= 11 is 0. The van der Waals surface area contributed by atoms with Gasteiger partial charge >= 0.3 is 0 Å². The second-order valence-corrected chi connectivity index (χ2v) is 5.07. The van der Waals surface area contributed by atoms with E-state index >= 15 is 0 Å². The van der Waals surface area contributed by atoms with Gasteiger partial charge in [0.2, 0.25) is 5.91 Å². The Balaban J connectivity index is 1.80. The monoisotopic (exact) mass is 262 g/mol. The van der Waals surface area contributed by atoms with Crippen LogP contribution in [0.15, 0.2) is 30.3 Å². The van der Waals surface area contributed by atoms with E-state index in [-0.39, 0.29) is 18.0 Å². The second kappa shape index (κ2) is 6.57. The SMILES string of the molecule is CC1CNCC(C)N1C(=O)CCOc1ccccc1. The summed E-state index contributed by atoms with van der Waals surface area (Å²) in [7, 11) is 0. The first-order valence-electron chi connectivity index (χ1n) is 6.88. The number of amides is 1. The van der Waals surface area contributed by atoms with Crippen molar-refractivity contribution in [1.29, 1.82) is 0 Å². The molecule has 0 radical (unpaired) electrons. The lowest BCUT2D eigenvalue weighted by molar-refractivity contribution is -0.137. The van der Waals surface area contributed by atoms with Crippen LogP contribution in [0.4, 0.5) is 0 Å². The van der Waals surface area contributed by atoms with Gasteiger partial charge in [0.05, 0.1) is 13.0 Å². The van der Waals surface area contributed by atoms with Crippen molar-refractivity contribution in [3.63, 3.8) is 0 Å². The van der Waals surface area contributed by atoms with Crippen LogP contribution in [0.1, 0.15) is 20.3 Å². The van der Waals surface area contributed by atoms with E-state index in [0.29, 0.717) is 13.0 Å². The lowest BCUT2D eigenvalue weighted by Gasteiger charge is -2.39. The van der Waals surface area contributed by atoms with Crippen molar-refractivity contribution in [2.45, 2.75) is 32.4 Å². The summed E-state index contributed by atoms with van der Waals surface area (Å²) in [6.07, 6.45) is 0.434. The minimum absolute atomic E-state index is 0.178. The van der Waals surface area contributed by atoms with Crippen LogP contribution in [-0.2, 0) is 4.79 Å². The van der Waals surface area contributed by atoms with Crippen LogP contribution in [0, 0.1) is 0 Å². The quantitative estimate of drug-likeness (QED) is 0.897. The number of hydrogen-bond donors (Lipinski definition) is 1. The topological polar surface area (TPSA) is 41.6 Å². The molecule has 2 unspecified atom stereocenters. The molecular formula is C15H22N2O2. The van der Waals surface area contributed by atoms with E-state index in [1.54, 1.807) is 0 Å². The number of hydrogen-bond acceptors (Lipinski definition) is 3. The maximum Gasteiger partial charge on any atom is 0.226 e. The van der Waals surface area contributed by atoms with Crippen LogP contribution in [0.5, 0.6) is 5.75 Å². The Hall–Kier alpha value is -1.55. The average molecular weight is 262 g/mol. The third-order valence-electron chi connectivity index (χ3n) is 3.45. The maximum atomic E-state index is 12.2. The highest BCUT2D eigenvalue weighted by Crippen LogP contribution is 2.13. The number of nitrogens with one attached hydrogen (secondary N) is 1. The van der Waals surface area contributed by atoms with E-state index in [4.69, 9.17) is 4.74 Å². The Morgan fingerprint density at radius 3 is 2.53 bits per heavy atom. The summed E-state index contributed by atoms with van der Waals surface area (Å²) in [4.78, 5) is 14.2. The third-order valence-corrected chi connectivity index (χ3v) is 3.45. The molecule has 104 valence electrons. The van der Waals surface area contributed by atoms with Crippen molar-refractivity contribution >= 4 is 5.91 Å². The maximum absolute atomic E-state index is 12.2. The summed E-state index contributed by atoms with van der Waals surface area (Å²) in [5, 5.41) is 3.33. The van der Waals surface area contributed by atoms with E-state index in [9.17, 15) is 4.79 Å². The summed E-state index contributed by atoms with van der Waals surface area (Å²) in [5.41, 5.74) is 0. The average Bonchev–Trinajstić information content (AvgIpc) is 2.40. The number of benzene rings is 1. The van der Waals surface area contributed by atoms with Gasteiger partial charge in [-0.25, -0.2) is 0 Å². The molecular weight excluding hydrogens is 240 g/mol. The molecule has 1 aromatic rings.